The molecule has 32 heavy (non-hydrogen) atoms. The molecule has 0 amide bonds. The third-order valence-corrected chi connectivity index (χ3v) is 5.64. The van der Waals surface area contributed by atoms with Gasteiger partial charge in [-0.25, -0.2) is 8.78 Å². The molecule has 0 bridgehead atoms. The highest BCUT2D eigenvalue weighted by atomic mass is 19.1. The number of ether oxygens (including phenoxy) is 2. The summed E-state index contributed by atoms with van der Waals surface area (Å²) in [6.07, 6.45) is -1.18. The van der Waals surface area contributed by atoms with Gasteiger partial charge in [-0.2, -0.15) is 0 Å². The van der Waals surface area contributed by atoms with Gasteiger partial charge in [0.15, 0.2) is 11.6 Å². The fourth-order valence-corrected chi connectivity index (χ4v) is 4.03. The third-order valence-electron chi connectivity index (χ3n) is 5.64. The Kier molecular flexibility index (Phi) is 6.10. The SMILES string of the molecule is COc1ccc(F)c(-c2ccc3c(c2)CC[C@H]3Oc2cccc([C@H](O)CC(=O)O)c2F)c1. The van der Waals surface area contributed by atoms with Crippen molar-refractivity contribution in [2.45, 2.75) is 31.5 Å². The van der Waals surface area contributed by atoms with E-state index in [1.807, 2.05) is 12.1 Å². The summed E-state index contributed by atoms with van der Waals surface area (Å²) in [4.78, 5) is 10.8. The Labute approximate surface area is 183 Å². The minimum atomic E-state index is -1.47. The number of halogens is 2. The van der Waals surface area contributed by atoms with Gasteiger partial charge >= 0.3 is 5.97 Å². The van der Waals surface area contributed by atoms with E-state index in [1.54, 1.807) is 18.2 Å². The van der Waals surface area contributed by atoms with Crippen molar-refractivity contribution in [3.05, 3.63) is 82.9 Å². The monoisotopic (exact) mass is 440 g/mol. The van der Waals surface area contributed by atoms with Crippen molar-refractivity contribution in [3.63, 3.8) is 0 Å². The summed E-state index contributed by atoms with van der Waals surface area (Å²) < 4.78 is 40.3. The molecule has 0 fully saturated rings. The zero-order valence-corrected chi connectivity index (χ0v) is 17.3. The van der Waals surface area contributed by atoms with Gasteiger partial charge in [-0.15, -0.1) is 0 Å². The van der Waals surface area contributed by atoms with Gasteiger partial charge in [0.25, 0.3) is 0 Å². The molecule has 0 saturated carbocycles. The number of rotatable bonds is 7. The summed E-state index contributed by atoms with van der Waals surface area (Å²) in [5, 5.41) is 18.8. The number of carboxylic acids is 1. The largest absolute Gasteiger partial charge is 0.497 e. The maximum absolute atomic E-state index is 14.9. The molecular weight excluding hydrogens is 418 g/mol. The molecule has 2 atom stereocenters. The molecule has 166 valence electrons. The van der Waals surface area contributed by atoms with Crippen molar-refractivity contribution in [1.29, 1.82) is 0 Å². The topological polar surface area (TPSA) is 76.0 Å². The van der Waals surface area contributed by atoms with Crippen LogP contribution in [0.1, 0.15) is 41.7 Å². The summed E-state index contributed by atoms with van der Waals surface area (Å²) in [6, 6.07) is 14.4. The number of fused-ring (bicyclic) bond motifs is 1. The van der Waals surface area contributed by atoms with Gasteiger partial charge in [0.2, 0.25) is 0 Å². The van der Waals surface area contributed by atoms with Crippen LogP contribution in [0.3, 0.4) is 0 Å². The number of aliphatic carboxylic acids is 1. The highest BCUT2D eigenvalue weighted by Crippen LogP contribution is 2.39. The van der Waals surface area contributed by atoms with Crippen LogP contribution in [0.5, 0.6) is 11.5 Å². The highest BCUT2D eigenvalue weighted by molar-refractivity contribution is 5.68. The van der Waals surface area contributed by atoms with E-state index in [9.17, 15) is 18.7 Å². The average molecular weight is 440 g/mol. The van der Waals surface area contributed by atoms with Crippen molar-refractivity contribution in [3.8, 4) is 22.6 Å². The fourth-order valence-electron chi connectivity index (χ4n) is 4.03. The van der Waals surface area contributed by atoms with Crippen LogP contribution in [0.4, 0.5) is 8.78 Å². The Bertz CT molecular complexity index is 1160. The minimum Gasteiger partial charge on any atom is -0.497 e. The second-order valence-electron chi connectivity index (χ2n) is 7.68. The first-order chi connectivity index (χ1) is 15.4. The number of aliphatic hydroxyl groups is 1. The molecule has 3 aromatic carbocycles. The lowest BCUT2D eigenvalue weighted by atomic mass is 9.99. The van der Waals surface area contributed by atoms with E-state index in [0.717, 1.165) is 11.1 Å². The predicted octanol–water partition coefficient (Wildman–Crippen LogP) is 5.21. The van der Waals surface area contributed by atoms with E-state index < -0.39 is 30.4 Å². The summed E-state index contributed by atoms with van der Waals surface area (Å²) in [5.41, 5.74) is 2.89. The van der Waals surface area contributed by atoms with Crippen molar-refractivity contribution in [1.82, 2.24) is 0 Å². The van der Waals surface area contributed by atoms with Crippen molar-refractivity contribution >= 4 is 5.97 Å². The molecule has 3 aromatic rings. The van der Waals surface area contributed by atoms with Gasteiger partial charge in [0, 0.05) is 11.1 Å². The van der Waals surface area contributed by atoms with Crippen molar-refractivity contribution in [2.75, 3.05) is 7.11 Å². The predicted molar refractivity (Wildman–Crippen MR) is 114 cm³/mol. The molecule has 0 saturated heterocycles. The first-order valence-corrected chi connectivity index (χ1v) is 10.2. The maximum Gasteiger partial charge on any atom is 0.306 e. The van der Waals surface area contributed by atoms with E-state index in [1.165, 1.54) is 31.4 Å². The van der Waals surface area contributed by atoms with Crippen LogP contribution < -0.4 is 9.47 Å². The van der Waals surface area contributed by atoms with Gasteiger partial charge in [-0.1, -0.05) is 30.3 Å². The molecule has 0 radical (unpaired) electrons. The average Bonchev–Trinajstić information content (AvgIpc) is 3.17. The number of carboxylic acid groups (broad SMARTS) is 1. The lowest BCUT2D eigenvalue weighted by molar-refractivity contribution is -0.139. The van der Waals surface area contributed by atoms with Gasteiger partial charge < -0.3 is 19.7 Å². The molecule has 2 N–H and O–H groups in total. The van der Waals surface area contributed by atoms with Crippen LogP contribution in [-0.2, 0) is 11.2 Å². The maximum atomic E-state index is 14.9. The summed E-state index contributed by atoms with van der Waals surface area (Å²) in [5.74, 6) is -1.84. The van der Waals surface area contributed by atoms with E-state index in [4.69, 9.17) is 14.6 Å². The van der Waals surface area contributed by atoms with Crippen LogP contribution in [-0.4, -0.2) is 23.3 Å². The van der Waals surface area contributed by atoms with Gasteiger partial charge in [-0.05, 0) is 53.8 Å². The van der Waals surface area contributed by atoms with Crippen LogP contribution >= 0.6 is 0 Å². The molecule has 0 aliphatic heterocycles. The highest BCUT2D eigenvalue weighted by Gasteiger charge is 2.27. The summed E-state index contributed by atoms with van der Waals surface area (Å²) in [7, 11) is 1.52. The molecule has 7 heteroatoms. The normalized spacial score (nSPS) is 15.8. The lowest BCUT2D eigenvalue weighted by Gasteiger charge is -2.18. The fraction of sp³-hybridized carbons (Fsp3) is 0.240. The summed E-state index contributed by atoms with van der Waals surface area (Å²) in [6.45, 7) is 0. The van der Waals surface area contributed by atoms with Gasteiger partial charge in [0.1, 0.15) is 17.7 Å². The standard InChI is InChI=1S/C25H22F2O5/c1-31-16-7-9-20(26)19(12-16)15-5-8-17-14(11-15)6-10-22(17)32-23-4-2-3-18(25(23)27)21(28)13-24(29)30/h2-5,7-9,11-12,21-22,28H,6,10,13H2,1H3,(H,29,30)/t21-,22-/m1/s1. The van der Waals surface area contributed by atoms with Gasteiger partial charge in [-0.3, -0.25) is 4.79 Å². The Hall–Kier alpha value is -3.45. The smallest absolute Gasteiger partial charge is 0.306 e. The van der Waals surface area contributed by atoms with E-state index in [-0.39, 0.29) is 17.1 Å². The number of hydrogen-bond acceptors (Lipinski definition) is 4. The van der Waals surface area contributed by atoms with Gasteiger partial charge in [0.05, 0.1) is 19.6 Å². The van der Waals surface area contributed by atoms with E-state index >= 15 is 0 Å². The molecule has 0 spiro atoms. The minimum absolute atomic E-state index is 0.0484. The zero-order valence-electron chi connectivity index (χ0n) is 17.3. The lowest BCUT2D eigenvalue weighted by Crippen LogP contribution is -2.10. The molecule has 5 nitrogen and oxygen atoms in total. The third kappa shape index (κ3) is 4.29. The first kappa shape index (κ1) is 21.8. The van der Waals surface area contributed by atoms with E-state index in [2.05, 4.69) is 0 Å². The van der Waals surface area contributed by atoms with Crippen molar-refractivity contribution < 1.29 is 33.3 Å². The van der Waals surface area contributed by atoms with Crippen LogP contribution in [0.2, 0.25) is 0 Å². The molecule has 4 rings (SSSR count). The number of carbonyl (C=O) groups is 1. The second kappa shape index (κ2) is 8.96. The quantitative estimate of drug-likeness (QED) is 0.527. The Morgan fingerprint density at radius 1 is 1.16 bits per heavy atom. The molecule has 0 unspecified atom stereocenters. The molecule has 0 aromatic heterocycles. The summed E-state index contributed by atoms with van der Waals surface area (Å²) >= 11 is 0. The zero-order chi connectivity index (χ0) is 22.8. The van der Waals surface area contributed by atoms with Crippen LogP contribution in [0.15, 0.2) is 54.6 Å². The Balaban J connectivity index is 1.58. The second-order valence-corrected chi connectivity index (χ2v) is 7.68. The first-order valence-electron chi connectivity index (χ1n) is 10.2. The molecule has 1 aliphatic rings. The number of methoxy groups -OCH3 is 1. The van der Waals surface area contributed by atoms with Crippen molar-refractivity contribution in [2.24, 2.45) is 0 Å². The number of aliphatic hydroxyl groups excluding tert-OH is 1. The molecular formula is C25H22F2O5. The number of aryl methyl sites for hydroxylation is 1. The molecule has 0 heterocycles. The van der Waals surface area contributed by atoms with Crippen LogP contribution in [0, 0.1) is 11.6 Å². The molecule has 1 aliphatic carbocycles. The van der Waals surface area contributed by atoms with Crippen LogP contribution in [0.25, 0.3) is 11.1 Å². The Morgan fingerprint density at radius 2 is 1.97 bits per heavy atom. The number of benzene rings is 3. The number of hydrogen-bond donors (Lipinski definition) is 2. The Morgan fingerprint density at radius 3 is 2.72 bits per heavy atom. The van der Waals surface area contributed by atoms with E-state index in [0.29, 0.717) is 29.7 Å².